The van der Waals surface area contributed by atoms with Gasteiger partial charge in [-0.2, -0.15) is 9.57 Å². The molecule has 1 aliphatic rings. The summed E-state index contributed by atoms with van der Waals surface area (Å²) < 4.78 is 27.0. The fourth-order valence-corrected chi connectivity index (χ4v) is 4.72. The molecule has 1 amide bonds. The van der Waals surface area contributed by atoms with E-state index in [1.54, 1.807) is 24.3 Å². The molecule has 1 unspecified atom stereocenters. The number of nitrogens with one attached hydrogen (secondary N) is 1. The molecule has 26 heavy (non-hydrogen) atoms. The van der Waals surface area contributed by atoms with Crippen LogP contribution in [-0.2, 0) is 14.8 Å². The van der Waals surface area contributed by atoms with Gasteiger partial charge in [-0.3, -0.25) is 4.79 Å². The average Bonchev–Trinajstić information content (AvgIpc) is 3.13. The van der Waals surface area contributed by atoms with Gasteiger partial charge in [-0.05, 0) is 49.2 Å². The van der Waals surface area contributed by atoms with Crippen LogP contribution in [-0.4, -0.2) is 31.2 Å². The van der Waals surface area contributed by atoms with Gasteiger partial charge in [0.1, 0.15) is 12.1 Å². The first kappa shape index (κ1) is 18.4. The zero-order valence-corrected chi connectivity index (χ0v) is 15.3. The van der Waals surface area contributed by atoms with Crippen molar-refractivity contribution in [3.63, 3.8) is 0 Å². The summed E-state index contributed by atoms with van der Waals surface area (Å²) in [5.74, 6) is -0.442. The van der Waals surface area contributed by atoms with Crippen molar-refractivity contribution in [3.8, 4) is 6.07 Å². The minimum Gasteiger partial charge on any atom is -0.323 e. The fourth-order valence-electron chi connectivity index (χ4n) is 2.94. The van der Waals surface area contributed by atoms with E-state index in [4.69, 9.17) is 16.9 Å². The first-order valence-corrected chi connectivity index (χ1v) is 9.82. The highest BCUT2D eigenvalue weighted by Crippen LogP contribution is 2.28. The summed E-state index contributed by atoms with van der Waals surface area (Å²) in [6, 6.07) is 13.6. The molecule has 1 aliphatic heterocycles. The molecule has 0 aromatic heterocycles. The van der Waals surface area contributed by atoms with Crippen molar-refractivity contribution in [3.05, 3.63) is 59.1 Å². The number of anilines is 1. The van der Waals surface area contributed by atoms with Crippen LogP contribution < -0.4 is 5.32 Å². The van der Waals surface area contributed by atoms with Crippen molar-refractivity contribution >= 4 is 33.2 Å². The van der Waals surface area contributed by atoms with E-state index in [0.717, 1.165) is 0 Å². The van der Waals surface area contributed by atoms with Crippen LogP contribution in [0.15, 0.2) is 53.4 Å². The van der Waals surface area contributed by atoms with Crippen LogP contribution in [0.4, 0.5) is 5.69 Å². The Kier molecular flexibility index (Phi) is 5.28. The van der Waals surface area contributed by atoms with E-state index < -0.39 is 22.0 Å². The van der Waals surface area contributed by atoms with Crippen LogP contribution >= 0.6 is 11.6 Å². The van der Waals surface area contributed by atoms with Crippen molar-refractivity contribution in [2.24, 2.45) is 0 Å². The number of nitriles is 1. The second-order valence-electron chi connectivity index (χ2n) is 5.87. The smallest absolute Gasteiger partial charge is 0.243 e. The van der Waals surface area contributed by atoms with Crippen LogP contribution in [0.1, 0.15) is 18.4 Å². The van der Waals surface area contributed by atoms with Gasteiger partial charge in [-0.1, -0.05) is 23.7 Å². The maximum atomic E-state index is 12.9. The summed E-state index contributed by atoms with van der Waals surface area (Å²) in [5.41, 5.74) is 0.696. The van der Waals surface area contributed by atoms with E-state index >= 15 is 0 Å². The number of carbonyl (C=O) groups excluding carboxylic acids is 1. The number of sulfonamides is 1. The van der Waals surface area contributed by atoms with E-state index in [0.29, 0.717) is 29.1 Å². The van der Waals surface area contributed by atoms with Crippen molar-refractivity contribution in [2.75, 3.05) is 11.9 Å². The van der Waals surface area contributed by atoms with Gasteiger partial charge in [0.25, 0.3) is 0 Å². The number of carbonyl (C=O) groups is 1. The summed E-state index contributed by atoms with van der Waals surface area (Å²) in [6.45, 7) is 0.267. The quantitative estimate of drug-likeness (QED) is 0.870. The summed E-state index contributed by atoms with van der Waals surface area (Å²) in [6.07, 6.45) is 1.01. The monoisotopic (exact) mass is 389 g/mol. The summed E-state index contributed by atoms with van der Waals surface area (Å²) in [4.78, 5) is 12.8. The third-order valence-corrected chi connectivity index (χ3v) is 6.41. The molecule has 0 spiro atoms. The Morgan fingerprint density at radius 1 is 1.19 bits per heavy atom. The minimum atomic E-state index is -3.81. The molecule has 8 heteroatoms. The van der Waals surface area contributed by atoms with Crippen LogP contribution in [0.5, 0.6) is 0 Å². The topological polar surface area (TPSA) is 90.3 Å². The second kappa shape index (κ2) is 7.46. The third kappa shape index (κ3) is 3.58. The van der Waals surface area contributed by atoms with Crippen molar-refractivity contribution < 1.29 is 13.2 Å². The normalized spacial score (nSPS) is 17.6. The molecule has 0 bridgehead atoms. The lowest BCUT2D eigenvalue weighted by atomic mass is 10.1. The standard InChI is InChI=1S/C18H16ClN3O3S/c19-14-7-9-15(10-8-14)26(24,25)22-11-3-6-17(22)18(23)21-16-5-2-1-4-13(16)12-20/h1-2,4-5,7-10,17H,3,6,11H2,(H,21,23). The lowest BCUT2D eigenvalue weighted by molar-refractivity contribution is -0.119. The van der Waals surface area contributed by atoms with Crippen LogP contribution in [0, 0.1) is 11.3 Å². The van der Waals surface area contributed by atoms with Gasteiger partial charge in [0, 0.05) is 11.6 Å². The highest BCUT2D eigenvalue weighted by Gasteiger charge is 2.39. The van der Waals surface area contributed by atoms with Gasteiger partial charge >= 0.3 is 0 Å². The molecule has 1 N–H and O–H groups in total. The first-order chi connectivity index (χ1) is 12.4. The third-order valence-electron chi connectivity index (χ3n) is 4.23. The molecule has 2 aromatic rings. The van der Waals surface area contributed by atoms with E-state index in [1.807, 2.05) is 6.07 Å². The summed E-state index contributed by atoms with van der Waals surface area (Å²) >= 11 is 5.82. The SMILES string of the molecule is N#Cc1ccccc1NC(=O)C1CCCN1S(=O)(=O)c1ccc(Cl)cc1. The first-order valence-electron chi connectivity index (χ1n) is 8.01. The van der Waals surface area contributed by atoms with Crippen LogP contribution in [0.3, 0.4) is 0 Å². The average molecular weight is 390 g/mol. The Morgan fingerprint density at radius 3 is 2.58 bits per heavy atom. The van der Waals surface area contributed by atoms with Gasteiger partial charge in [0.05, 0.1) is 16.1 Å². The molecule has 6 nitrogen and oxygen atoms in total. The highest BCUT2D eigenvalue weighted by atomic mass is 35.5. The Bertz CT molecular complexity index is 968. The number of rotatable bonds is 4. The molecule has 1 saturated heterocycles. The summed E-state index contributed by atoms with van der Waals surface area (Å²) in [7, 11) is -3.81. The number of nitrogens with zero attached hydrogens (tertiary/aromatic N) is 2. The maximum Gasteiger partial charge on any atom is 0.243 e. The van der Waals surface area contributed by atoms with Crippen molar-refractivity contribution in [2.45, 2.75) is 23.8 Å². The number of para-hydroxylation sites is 1. The number of amides is 1. The Balaban J connectivity index is 1.85. The predicted octanol–water partition coefficient (Wildman–Crippen LogP) is 3.00. The molecule has 0 aliphatic carbocycles. The predicted molar refractivity (Wildman–Crippen MR) is 98.2 cm³/mol. The molecule has 0 saturated carbocycles. The van der Waals surface area contributed by atoms with Crippen LogP contribution in [0.2, 0.25) is 5.02 Å². The number of hydrogen-bond donors (Lipinski definition) is 1. The molecule has 134 valence electrons. The molecule has 2 aromatic carbocycles. The van der Waals surface area contributed by atoms with E-state index in [-0.39, 0.29) is 11.4 Å². The van der Waals surface area contributed by atoms with Crippen LogP contribution in [0.25, 0.3) is 0 Å². The van der Waals surface area contributed by atoms with Crippen molar-refractivity contribution in [1.29, 1.82) is 5.26 Å². The Hall–Kier alpha value is -2.40. The Labute approximate surface area is 157 Å². The van der Waals surface area contributed by atoms with E-state index in [1.165, 1.54) is 28.6 Å². The number of benzene rings is 2. The number of halogens is 1. The second-order valence-corrected chi connectivity index (χ2v) is 8.20. The molecule has 1 atom stereocenters. The highest BCUT2D eigenvalue weighted by molar-refractivity contribution is 7.89. The summed E-state index contributed by atoms with van der Waals surface area (Å²) in [5, 5.41) is 12.2. The lowest BCUT2D eigenvalue weighted by Crippen LogP contribution is -2.43. The van der Waals surface area contributed by atoms with Gasteiger partial charge in [0.15, 0.2) is 0 Å². The van der Waals surface area contributed by atoms with Gasteiger partial charge in [-0.25, -0.2) is 8.42 Å². The van der Waals surface area contributed by atoms with Gasteiger partial charge in [-0.15, -0.1) is 0 Å². The lowest BCUT2D eigenvalue weighted by Gasteiger charge is -2.23. The molecule has 0 radical (unpaired) electrons. The number of hydrogen-bond acceptors (Lipinski definition) is 4. The van der Waals surface area contributed by atoms with E-state index in [2.05, 4.69) is 5.32 Å². The van der Waals surface area contributed by atoms with E-state index in [9.17, 15) is 13.2 Å². The molecule has 1 heterocycles. The molecule has 3 rings (SSSR count). The molecular weight excluding hydrogens is 374 g/mol. The zero-order chi connectivity index (χ0) is 18.7. The van der Waals surface area contributed by atoms with Gasteiger partial charge < -0.3 is 5.32 Å². The Morgan fingerprint density at radius 2 is 1.88 bits per heavy atom. The molecular formula is C18H16ClN3O3S. The molecule has 1 fully saturated rings. The van der Waals surface area contributed by atoms with Crippen molar-refractivity contribution in [1.82, 2.24) is 4.31 Å². The zero-order valence-electron chi connectivity index (χ0n) is 13.7. The minimum absolute atomic E-state index is 0.0963. The maximum absolute atomic E-state index is 12.9. The fraction of sp³-hybridized carbons (Fsp3) is 0.222. The largest absolute Gasteiger partial charge is 0.323 e. The van der Waals surface area contributed by atoms with Gasteiger partial charge in [0.2, 0.25) is 15.9 Å².